The van der Waals surface area contributed by atoms with Crippen molar-refractivity contribution in [1.82, 2.24) is 15.1 Å². The first kappa shape index (κ1) is 9.71. The van der Waals surface area contributed by atoms with Crippen molar-refractivity contribution in [2.45, 2.75) is 39.3 Å². The molecule has 1 aliphatic carbocycles. The summed E-state index contributed by atoms with van der Waals surface area (Å²) in [5.74, 6) is 0.854. The number of aryl methyl sites for hydroxylation is 2. The van der Waals surface area contributed by atoms with Crippen LogP contribution in [0.3, 0.4) is 0 Å². The molecule has 1 aromatic rings. The number of aromatic nitrogens is 2. The van der Waals surface area contributed by atoms with Gasteiger partial charge in [-0.3, -0.25) is 4.68 Å². The van der Waals surface area contributed by atoms with Crippen LogP contribution in [0.15, 0.2) is 6.20 Å². The van der Waals surface area contributed by atoms with Gasteiger partial charge in [-0.05, 0) is 25.7 Å². The average molecular weight is 193 g/mol. The zero-order valence-corrected chi connectivity index (χ0v) is 9.25. The van der Waals surface area contributed by atoms with Crippen LogP contribution in [-0.2, 0) is 13.6 Å². The first-order chi connectivity index (χ1) is 6.66. The summed E-state index contributed by atoms with van der Waals surface area (Å²) in [5, 5.41) is 7.91. The molecular weight excluding hydrogens is 174 g/mol. The molecule has 2 rings (SSSR count). The molecule has 78 valence electrons. The Balaban J connectivity index is 1.88. The lowest BCUT2D eigenvalue weighted by atomic mass is 9.81. The lowest BCUT2D eigenvalue weighted by Crippen LogP contribution is -2.41. The Morgan fingerprint density at radius 1 is 1.57 bits per heavy atom. The van der Waals surface area contributed by atoms with Crippen LogP contribution in [0.25, 0.3) is 0 Å². The van der Waals surface area contributed by atoms with Crippen molar-refractivity contribution in [3.8, 4) is 0 Å². The van der Waals surface area contributed by atoms with Gasteiger partial charge < -0.3 is 5.32 Å². The number of hydrogen-bond acceptors (Lipinski definition) is 2. The number of rotatable bonds is 3. The maximum atomic E-state index is 4.33. The molecule has 2 atom stereocenters. The monoisotopic (exact) mass is 193 g/mol. The summed E-state index contributed by atoms with van der Waals surface area (Å²) >= 11 is 0. The molecule has 3 heteroatoms. The fourth-order valence-corrected chi connectivity index (χ4v) is 2.03. The quantitative estimate of drug-likeness (QED) is 0.790. The molecule has 2 unspecified atom stereocenters. The maximum absolute atomic E-state index is 4.33. The second kappa shape index (κ2) is 3.73. The van der Waals surface area contributed by atoms with Crippen LogP contribution in [0, 0.1) is 12.8 Å². The third-order valence-electron chi connectivity index (χ3n) is 3.29. The average Bonchev–Trinajstić information content (AvgIpc) is 2.43. The Bertz CT molecular complexity index is 316. The molecule has 0 amide bonds. The highest BCUT2D eigenvalue weighted by Crippen LogP contribution is 2.26. The van der Waals surface area contributed by atoms with Gasteiger partial charge >= 0.3 is 0 Å². The lowest BCUT2D eigenvalue weighted by Gasteiger charge is -2.34. The van der Waals surface area contributed by atoms with E-state index in [1.807, 2.05) is 11.7 Å². The molecule has 1 fully saturated rings. The predicted molar refractivity (Wildman–Crippen MR) is 57.0 cm³/mol. The zero-order chi connectivity index (χ0) is 10.1. The zero-order valence-electron chi connectivity index (χ0n) is 9.25. The fourth-order valence-electron chi connectivity index (χ4n) is 2.03. The van der Waals surface area contributed by atoms with Crippen molar-refractivity contribution in [2.75, 3.05) is 0 Å². The van der Waals surface area contributed by atoms with E-state index in [1.54, 1.807) is 0 Å². The van der Waals surface area contributed by atoms with Crippen molar-refractivity contribution in [1.29, 1.82) is 0 Å². The molecule has 1 N–H and O–H groups in total. The highest BCUT2D eigenvalue weighted by molar-refractivity contribution is 5.15. The van der Waals surface area contributed by atoms with Crippen LogP contribution >= 0.6 is 0 Å². The molecule has 14 heavy (non-hydrogen) atoms. The van der Waals surface area contributed by atoms with Gasteiger partial charge in [0.15, 0.2) is 0 Å². The Morgan fingerprint density at radius 2 is 2.36 bits per heavy atom. The van der Waals surface area contributed by atoms with Gasteiger partial charge in [0, 0.05) is 31.4 Å². The lowest BCUT2D eigenvalue weighted by molar-refractivity contribution is 0.228. The van der Waals surface area contributed by atoms with Crippen molar-refractivity contribution < 1.29 is 0 Å². The minimum absolute atomic E-state index is 0.731. The van der Waals surface area contributed by atoms with Crippen molar-refractivity contribution in [2.24, 2.45) is 13.0 Å². The summed E-state index contributed by atoms with van der Waals surface area (Å²) in [4.78, 5) is 0. The normalized spacial score (nSPS) is 26.2. The summed E-state index contributed by atoms with van der Waals surface area (Å²) < 4.78 is 1.89. The van der Waals surface area contributed by atoms with Gasteiger partial charge in [-0.2, -0.15) is 5.10 Å². The van der Waals surface area contributed by atoms with Gasteiger partial charge in [0.05, 0.1) is 5.69 Å². The van der Waals surface area contributed by atoms with E-state index in [2.05, 4.69) is 30.5 Å². The Kier molecular flexibility index (Phi) is 2.59. The fraction of sp³-hybridized carbons (Fsp3) is 0.727. The molecule has 1 heterocycles. The topological polar surface area (TPSA) is 29.9 Å². The first-order valence-corrected chi connectivity index (χ1v) is 5.39. The number of hydrogen-bond donors (Lipinski definition) is 1. The Hall–Kier alpha value is -0.830. The number of nitrogens with one attached hydrogen (secondary N) is 1. The predicted octanol–water partition coefficient (Wildman–Crippen LogP) is 1.62. The summed E-state index contributed by atoms with van der Waals surface area (Å²) in [7, 11) is 1.97. The van der Waals surface area contributed by atoms with Crippen LogP contribution in [-0.4, -0.2) is 15.8 Å². The van der Waals surface area contributed by atoms with Gasteiger partial charge in [-0.1, -0.05) is 6.92 Å². The maximum Gasteiger partial charge on any atom is 0.0638 e. The standard InChI is InChI=1S/C11H19N3/c1-8-4-5-11(8)12-6-10-7-14(3)13-9(10)2/h7-8,11-12H,4-6H2,1-3H3. The Morgan fingerprint density at radius 3 is 2.79 bits per heavy atom. The van der Waals surface area contributed by atoms with Crippen LogP contribution in [0.2, 0.25) is 0 Å². The van der Waals surface area contributed by atoms with Crippen LogP contribution in [0.1, 0.15) is 31.0 Å². The van der Waals surface area contributed by atoms with E-state index in [0.29, 0.717) is 0 Å². The molecule has 0 aromatic carbocycles. The molecule has 0 radical (unpaired) electrons. The third kappa shape index (κ3) is 1.82. The number of nitrogens with zero attached hydrogens (tertiary/aromatic N) is 2. The van der Waals surface area contributed by atoms with Crippen molar-refractivity contribution in [3.05, 3.63) is 17.5 Å². The highest BCUT2D eigenvalue weighted by atomic mass is 15.2. The van der Waals surface area contributed by atoms with E-state index in [0.717, 1.165) is 24.2 Å². The van der Waals surface area contributed by atoms with Crippen LogP contribution < -0.4 is 5.32 Å². The van der Waals surface area contributed by atoms with Gasteiger partial charge in [0.1, 0.15) is 0 Å². The third-order valence-corrected chi connectivity index (χ3v) is 3.29. The summed E-state index contributed by atoms with van der Waals surface area (Å²) in [6.07, 6.45) is 4.82. The minimum Gasteiger partial charge on any atom is -0.310 e. The molecule has 3 nitrogen and oxygen atoms in total. The molecule has 0 saturated heterocycles. The van der Waals surface area contributed by atoms with Crippen molar-refractivity contribution >= 4 is 0 Å². The second-order valence-corrected chi connectivity index (χ2v) is 4.46. The van der Waals surface area contributed by atoms with Gasteiger partial charge in [0.25, 0.3) is 0 Å². The molecular formula is C11H19N3. The van der Waals surface area contributed by atoms with Gasteiger partial charge in [-0.15, -0.1) is 0 Å². The molecule has 1 aromatic heterocycles. The second-order valence-electron chi connectivity index (χ2n) is 4.46. The summed E-state index contributed by atoms with van der Waals surface area (Å²) in [6, 6.07) is 0.731. The molecule has 1 aliphatic rings. The summed E-state index contributed by atoms with van der Waals surface area (Å²) in [6.45, 7) is 5.35. The van der Waals surface area contributed by atoms with E-state index in [9.17, 15) is 0 Å². The first-order valence-electron chi connectivity index (χ1n) is 5.39. The van der Waals surface area contributed by atoms with E-state index >= 15 is 0 Å². The van der Waals surface area contributed by atoms with Crippen molar-refractivity contribution in [3.63, 3.8) is 0 Å². The Labute approximate surface area is 85.5 Å². The van der Waals surface area contributed by atoms with Crippen LogP contribution in [0.5, 0.6) is 0 Å². The van der Waals surface area contributed by atoms with E-state index in [4.69, 9.17) is 0 Å². The van der Waals surface area contributed by atoms with E-state index in [1.165, 1.54) is 18.4 Å². The molecule has 0 aliphatic heterocycles. The smallest absolute Gasteiger partial charge is 0.0638 e. The minimum atomic E-state index is 0.731. The van der Waals surface area contributed by atoms with E-state index < -0.39 is 0 Å². The molecule has 0 spiro atoms. The van der Waals surface area contributed by atoms with E-state index in [-0.39, 0.29) is 0 Å². The van der Waals surface area contributed by atoms with Gasteiger partial charge in [-0.25, -0.2) is 0 Å². The molecule has 1 saturated carbocycles. The SMILES string of the molecule is Cc1nn(C)cc1CNC1CCC1C. The van der Waals surface area contributed by atoms with Gasteiger partial charge in [0.2, 0.25) is 0 Å². The highest BCUT2D eigenvalue weighted by Gasteiger charge is 2.25. The largest absolute Gasteiger partial charge is 0.310 e. The molecule has 0 bridgehead atoms. The van der Waals surface area contributed by atoms with Crippen LogP contribution in [0.4, 0.5) is 0 Å². The summed E-state index contributed by atoms with van der Waals surface area (Å²) in [5.41, 5.74) is 2.47.